The van der Waals surface area contributed by atoms with Crippen molar-refractivity contribution in [2.75, 3.05) is 4.72 Å². The molecule has 0 saturated carbocycles. The van der Waals surface area contributed by atoms with E-state index >= 15 is 0 Å². The molecule has 170 valence electrons. The van der Waals surface area contributed by atoms with Gasteiger partial charge in [0.2, 0.25) is 0 Å². The van der Waals surface area contributed by atoms with Crippen molar-refractivity contribution in [3.63, 3.8) is 0 Å². The van der Waals surface area contributed by atoms with E-state index in [2.05, 4.69) is 4.72 Å². The van der Waals surface area contributed by atoms with Gasteiger partial charge in [-0.1, -0.05) is 42.5 Å². The molecule has 0 amide bonds. The Morgan fingerprint density at radius 3 is 2.24 bits per heavy atom. The van der Waals surface area contributed by atoms with Gasteiger partial charge in [-0.2, -0.15) is 13.2 Å². The number of hydrogen-bond donors (Lipinski definition) is 1. The lowest BCUT2D eigenvalue weighted by molar-refractivity contribution is -0.136. The number of pyridine rings is 1. The normalized spacial score (nSPS) is 12.2. The zero-order valence-electron chi connectivity index (χ0n) is 17.6. The molecule has 0 aliphatic carbocycles. The minimum atomic E-state index is -4.82. The molecule has 0 spiro atoms. The van der Waals surface area contributed by atoms with E-state index in [9.17, 15) is 26.4 Å². The summed E-state index contributed by atoms with van der Waals surface area (Å²) in [5.41, 5.74) is 0.601. The fourth-order valence-corrected chi connectivity index (χ4v) is 4.74. The molecular formula is C24H19F3N2O3S. The first kappa shape index (κ1) is 22.6. The number of anilines is 1. The molecule has 1 aromatic heterocycles. The van der Waals surface area contributed by atoms with Crippen molar-refractivity contribution in [2.24, 2.45) is 7.05 Å². The fraction of sp³-hybridized carbons (Fsp3) is 0.125. The highest BCUT2D eigenvalue weighted by Crippen LogP contribution is 2.35. The van der Waals surface area contributed by atoms with Gasteiger partial charge in [0.05, 0.1) is 21.7 Å². The van der Waals surface area contributed by atoms with Crippen molar-refractivity contribution in [3.05, 3.63) is 94.3 Å². The second kappa shape index (κ2) is 8.08. The molecule has 5 nitrogen and oxygen atoms in total. The summed E-state index contributed by atoms with van der Waals surface area (Å²) in [6, 6.07) is 18.4. The molecule has 0 aliphatic rings. The molecule has 0 radical (unpaired) electrons. The summed E-state index contributed by atoms with van der Waals surface area (Å²) in [4.78, 5) is 11.6. The number of halogens is 3. The van der Waals surface area contributed by atoms with Crippen LogP contribution in [0.25, 0.3) is 22.0 Å². The van der Waals surface area contributed by atoms with Crippen LogP contribution in [0.4, 0.5) is 18.9 Å². The largest absolute Gasteiger partial charge is 0.417 e. The molecule has 1 N–H and O–H groups in total. The van der Waals surface area contributed by atoms with Gasteiger partial charge in [0.1, 0.15) is 0 Å². The molecule has 4 aromatic rings. The van der Waals surface area contributed by atoms with Crippen LogP contribution in [0.2, 0.25) is 0 Å². The third kappa shape index (κ3) is 4.36. The smallest absolute Gasteiger partial charge is 0.311 e. The molecule has 0 fully saturated rings. The van der Waals surface area contributed by atoms with Crippen LogP contribution in [0.3, 0.4) is 0 Å². The van der Waals surface area contributed by atoms with Gasteiger partial charge in [0, 0.05) is 18.5 Å². The predicted octanol–water partition coefficient (Wildman–Crippen LogP) is 5.33. The van der Waals surface area contributed by atoms with Crippen molar-refractivity contribution >= 4 is 26.6 Å². The maximum absolute atomic E-state index is 13.5. The summed E-state index contributed by atoms with van der Waals surface area (Å²) in [6.07, 6.45) is -4.82. The van der Waals surface area contributed by atoms with Gasteiger partial charge in [0.25, 0.3) is 15.6 Å². The summed E-state index contributed by atoms with van der Waals surface area (Å²) >= 11 is 0. The van der Waals surface area contributed by atoms with Crippen LogP contribution in [0.1, 0.15) is 11.1 Å². The van der Waals surface area contributed by atoms with E-state index in [0.29, 0.717) is 17.3 Å². The second-order valence-corrected chi connectivity index (χ2v) is 9.32. The van der Waals surface area contributed by atoms with Crippen LogP contribution < -0.4 is 10.3 Å². The maximum atomic E-state index is 13.5. The van der Waals surface area contributed by atoms with Crippen LogP contribution in [-0.2, 0) is 23.2 Å². The van der Waals surface area contributed by atoms with E-state index in [0.717, 1.165) is 21.8 Å². The topological polar surface area (TPSA) is 68.2 Å². The fourth-order valence-electron chi connectivity index (χ4n) is 3.59. The Morgan fingerprint density at radius 1 is 0.879 bits per heavy atom. The lowest BCUT2D eigenvalue weighted by Gasteiger charge is -2.16. The molecule has 0 unspecified atom stereocenters. The van der Waals surface area contributed by atoms with Crippen LogP contribution in [0.5, 0.6) is 0 Å². The Morgan fingerprint density at radius 2 is 1.58 bits per heavy atom. The van der Waals surface area contributed by atoms with Gasteiger partial charge in [0.15, 0.2) is 0 Å². The molecule has 4 rings (SSSR count). The van der Waals surface area contributed by atoms with Crippen molar-refractivity contribution in [1.82, 2.24) is 4.57 Å². The highest BCUT2D eigenvalue weighted by atomic mass is 32.2. The summed E-state index contributed by atoms with van der Waals surface area (Å²) in [7, 11) is -2.89. The second-order valence-electron chi connectivity index (χ2n) is 7.63. The third-order valence-corrected chi connectivity index (χ3v) is 6.79. The number of rotatable bonds is 4. The number of nitrogens with zero attached hydrogens (tertiary/aromatic N) is 1. The monoisotopic (exact) mass is 472 g/mol. The Hall–Kier alpha value is -3.59. The molecule has 33 heavy (non-hydrogen) atoms. The van der Waals surface area contributed by atoms with Crippen molar-refractivity contribution < 1.29 is 21.6 Å². The molecule has 0 aliphatic heterocycles. The Kier molecular flexibility index (Phi) is 5.53. The first-order valence-electron chi connectivity index (χ1n) is 9.87. The Bertz CT molecular complexity index is 1530. The van der Waals surface area contributed by atoms with Crippen LogP contribution >= 0.6 is 0 Å². The number of fused-ring (bicyclic) bond motifs is 1. The molecule has 9 heteroatoms. The number of sulfonamides is 1. The maximum Gasteiger partial charge on any atom is 0.417 e. The number of aromatic nitrogens is 1. The SMILES string of the molecule is Cc1ccc(-c2ccccc2)cc1NS(=O)(=O)c1ccc2c(c1)c(C(F)(F)F)cc(=O)n2C. The van der Waals surface area contributed by atoms with E-state index in [1.165, 1.54) is 19.2 Å². The molecular weight excluding hydrogens is 453 g/mol. The summed E-state index contributed by atoms with van der Waals surface area (Å²) in [5, 5.41) is -0.373. The summed E-state index contributed by atoms with van der Waals surface area (Å²) in [6.45, 7) is 1.73. The summed E-state index contributed by atoms with van der Waals surface area (Å²) < 4.78 is 70.4. The van der Waals surface area contributed by atoms with E-state index in [1.807, 2.05) is 36.4 Å². The predicted molar refractivity (Wildman–Crippen MR) is 122 cm³/mol. The Balaban J connectivity index is 1.81. The highest BCUT2D eigenvalue weighted by molar-refractivity contribution is 7.92. The first-order chi connectivity index (χ1) is 15.5. The van der Waals surface area contributed by atoms with E-state index in [-0.39, 0.29) is 15.8 Å². The number of alkyl halides is 3. The Labute approximate surface area is 188 Å². The van der Waals surface area contributed by atoms with Gasteiger partial charge in [-0.3, -0.25) is 9.52 Å². The van der Waals surface area contributed by atoms with Crippen molar-refractivity contribution in [3.8, 4) is 11.1 Å². The van der Waals surface area contributed by atoms with Crippen molar-refractivity contribution in [1.29, 1.82) is 0 Å². The van der Waals surface area contributed by atoms with E-state index in [1.54, 1.807) is 19.1 Å². The van der Waals surface area contributed by atoms with Crippen molar-refractivity contribution in [2.45, 2.75) is 18.0 Å². The zero-order chi connectivity index (χ0) is 24.0. The number of hydrogen-bond acceptors (Lipinski definition) is 3. The van der Waals surface area contributed by atoms with Gasteiger partial charge < -0.3 is 4.57 Å². The standard InChI is InChI=1S/C24H19F3N2O3S/c1-15-8-9-17(16-6-4-3-5-7-16)12-21(15)28-33(31,32)18-10-11-22-19(13-18)20(24(25,26)27)14-23(30)29(22)2/h3-14,28H,1-2H3. The molecule has 1 heterocycles. The molecule has 0 saturated heterocycles. The average molecular weight is 472 g/mol. The lowest BCUT2D eigenvalue weighted by Crippen LogP contribution is -2.21. The number of benzene rings is 3. The molecule has 0 bridgehead atoms. The van der Waals surface area contributed by atoms with Crippen LogP contribution in [0, 0.1) is 6.92 Å². The molecule has 3 aromatic carbocycles. The lowest BCUT2D eigenvalue weighted by atomic mass is 10.0. The van der Waals surface area contributed by atoms with Crippen LogP contribution in [-0.4, -0.2) is 13.0 Å². The minimum Gasteiger partial charge on any atom is -0.311 e. The van der Waals surface area contributed by atoms with E-state index in [4.69, 9.17) is 0 Å². The third-order valence-electron chi connectivity index (χ3n) is 5.42. The van der Waals surface area contributed by atoms with Gasteiger partial charge in [-0.25, -0.2) is 8.42 Å². The summed E-state index contributed by atoms with van der Waals surface area (Å²) in [5.74, 6) is 0. The molecule has 0 atom stereocenters. The first-order valence-corrected chi connectivity index (χ1v) is 11.4. The number of aryl methyl sites for hydroxylation is 2. The minimum absolute atomic E-state index is 0.0176. The van der Waals surface area contributed by atoms with E-state index < -0.39 is 27.3 Å². The number of nitrogens with one attached hydrogen (secondary N) is 1. The van der Waals surface area contributed by atoms with Gasteiger partial charge in [-0.05, 0) is 47.9 Å². The zero-order valence-corrected chi connectivity index (χ0v) is 18.5. The quantitative estimate of drug-likeness (QED) is 0.436. The van der Waals surface area contributed by atoms with Crippen LogP contribution in [0.15, 0.2) is 82.5 Å². The van der Waals surface area contributed by atoms with Gasteiger partial charge in [-0.15, -0.1) is 0 Å². The van der Waals surface area contributed by atoms with Gasteiger partial charge >= 0.3 is 6.18 Å². The highest BCUT2D eigenvalue weighted by Gasteiger charge is 2.34. The average Bonchev–Trinajstić information content (AvgIpc) is 2.77.